The number of carbonyl (C=O) groups excluding carboxylic acids is 1. The van der Waals surface area contributed by atoms with Gasteiger partial charge in [0.05, 0.1) is 27.6 Å². The lowest BCUT2D eigenvalue weighted by atomic mass is 10.2. The first kappa shape index (κ1) is 20.7. The average molecular weight is 434 g/mol. The number of hydrogen-bond acceptors (Lipinski definition) is 5. The second-order valence-corrected chi connectivity index (χ2v) is 8.75. The molecule has 0 aliphatic carbocycles. The van der Waals surface area contributed by atoms with Crippen LogP contribution in [0.3, 0.4) is 0 Å². The van der Waals surface area contributed by atoms with Crippen molar-refractivity contribution in [2.75, 3.05) is 5.32 Å². The highest BCUT2D eigenvalue weighted by Gasteiger charge is 2.16. The van der Waals surface area contributed by atoms with Gasteiger partial charge in [-0.15, -0.1) is 11.3 Å². The second kappa shape index (κ2) is 8.31. The monoisotopic (exact) mass is 433 g/mol. The molecule has 0 unspecified atom stereocenters. The predicted octanol–water partition coefficient (Wildman–Crippen LogP) is 4.03. The van der Waals surface area contributed by atoms with Crippen molar-refractivity contribution >= 4 is 22.9 Å². The smallest absolute Gasteiger partial charge is 0.267 e. The Labute approximate surface area is 184 Å². The molecule has 4 rings (SSSR count). The Balaban J connectivity index is 1.56. The molecule has 0 aliphatic rings. The molecular weight excluding hydrogens is 410 g/mol. The van der Waals surface area contributed by atoms with E-state index in [0.717, 1.165) is 26.7 Å². The summed E-state index contributed by atoms with van der Waals surface area (Å²) in [6, 6.07) is 15.1. The van der Waals surface area contributed by atoms with Gasteiger partial charge in [-0.25, -0.2) is 9.36 Å². The maximum absolute atomic E-state index is 12.7. The number of anilines is 1. The van der Waals surface area contributed by atoms with E-state index in [1.165, 1.54) is 10.7 Å². The summed E-state index contributed by atoms with van der Waals surface area (Å²) in [5.41, 5.74) is 4.59. The third-order valence-electron chi connectivity index (χ3n) is 4.99. The molecule has 31 heavy (non-hydrogen) atoms. The van der Waals surface area contributed by atoms with Crippen molar-refractivity contribution in [3.8, 4) is 16.3 Å². The van der Waals surface area contributed by atoms with Gasteiger partial charge in [-0.1, -0.05) is 17.7 Å². The predicted molar refractivity (Wildman–Crippen MR) is 123 cm³/mol. The third kappa shape index (κ3) is 4.34. The molecule has 3 heterocycles. The van der Waals surface area contributed by atoms with E-state index in [9.17, 15) is 9.59 Å². The van der Waals surface area contributed by atoms with Gasteiger partial charge in [-0.3, -0.25) is 9.59 Å². The largest absolute Gasteiger partial charge is 0.321 e. The summed E-state index contributed by atoms with van der Waals surface area (Å²) in [7, 11) is 0. The summed E-state index contributed by atoms with van der Waals surface area (Å²) < 4.78 is 2.99. The van der Waals surface area contributed by atoms with E-state index in [-0.39, 0.29) is 18.0 Å². The van der Waals surface area contributed by atoms with E-state index >= 15 is 0 Å². The normalized spacial score (nSPS) is 11.0. The molecule has 0 atom stereocenters. The van der Waals surface area contributed by atoms with E-state index in [1.54, 1.807) is 22.1 Å². The number of nitrogens with zero attached hydrogens (tertiary/aromatic N) is 4. The molecule has 1 aromatic carbocycles. The summed E-state index contributed by atoms with van der Waals surface area (Å²) in [6.45, 7) is 7.61. The van der Waals surface area contributed by atoms with Crippen LogP contribution in [0.25, 0.3) is 16.3 Å². The maximum atomic E-state index is 12.7. The minimum atomic E-state index is -0.330. The highest BCUT2D eigenvalue weighted by Crippen LogP contribution is 2.25. The average Bonchev–Trinajstić information content (AvgIpc) is 3.29. The molecule has 4 aromatic rings. The lowest BCUT2D eigenvalue weighted by Gasteiger charge is -2.09. The Kier molecular flexibility index (Phi) is 5.56. The minimum Gasteiger partial charge on any atom is -0.321 e. The molecule has 0 fully saturated rings. The van der Waals surface area contributed by atoms with Crippen LogP contribution in [0, 0.1) is 27.7 Å². The summed E-state index contributed by atoms with van der Waals surface area (Å²) in [6.07, 6.45) is 0. The highest BCUT2D eigenvalue weighted by molar-refractivity contribution is 7.15. The topological polar surface area (TPSA) is 81.8 Å². The number of amides is 1. The second-order valence-electron chi connectivity index (χ2n) is 7.47. The summed E-state index contributed by atoms with van der Waals surface area (Å²) in [5, 5.41) is 11.8. The lowest BCUT2D eigenvalue weighted by molar-refractivity contribution is -0.117. The van der Waals surface area contributed by atoms with Crippen LogP contribution in [-0.4, -0.2) is 25.5 Å². The van der Waals surface area contributed by atoms with Crippen molar-refractivity contribution in [3.63, 3.8) is 0 Å². The number of rotatable bonds is 5. The van der Waals surface area contributed by atoms with Crippen molar-refractivity contribution in [2.24, 2.45) is 0 Å². The SMILES string of the molecule is Cc1ccc(-n2nc(C)c(NC(=O)Cn3nc(-c4ccc(C)s4)ccc3=O)c2C)cc1. The molecular formula is C23H23N5O2S. The van der Waals surface area contributed by atoms with Crippen LogP contribution in [0.2, 0.25) is 0 Å². The number of aromatic nitrogens is 4. The van der Waals surface area contributed by atoms with Gasteiger partial charge in [0, 0.05) is 10.9 Å². The quantitative estimate of drug-likeness (QED) is 0.515. The fourth-order valence-electron chi connectivity index (χ4n) is 3.34. The molecule has 1 amide bonds. The first-order chi connectivity index (χ1) is 14.8. The maximum Gasteiger partial charge on any atom is 0.267 e. The number of carbonyl (C=O) groups is 1. The lowest BCUT2D eigenvalue weighted by Crippen LogP contribution is -2.29. The first-order valence-corrected chi connectivity index (χ1v) is 10.7. The van der Waals surface area contributed by atoms with E-state index < -0.39 is 0 Å². The fraction of sp³-hybridized carbons (Fsp3) is 0.217. The van der Waals surface area contributed by atoms with Crippen LogP contribution in [-0.2, 0) is 11.3 Å². The van der Waals surface area contributed by atoms with Crippen LogP contribution in [0.15, 0.2) is 53.3 Å². The fourth-order valence-corrected chi connectivity index (χ4v) is 4.17. The molecule has 3 aromatic heterocycles. The summed E-state index contributed by atoms with van der Waals surface area (Å²) in [5.74, 6) is -0.330. The molecule has 0 saturated carbocycles. The van der Waals surface area contributed by atoms with Crippen LogP contribution in [0.4, 0.5) is 5.69 Å². The van der Waals surface area contributed by atoms with Gasteiger partial charge in [-0.05, 0) is 58.0 Å². The van der Waals surface area contributed by atoms with Crippen LogP contribution < -0.4 is 10.9 Å². The molecule has 0 bridgehead atoms. The van der Waals surface area contributed by atoms with Gasteiger partial charge in [0.25, 0.3) is 5.56 Å². The van der Waals surface area contributed by atoms with Gasteiger partial charge in [0.2, 0.25) is 5.91 Å². The standard InChI is InChI=1S/C23H23N5O2S/c1-14-5-8-18(9-6-14)28-17(4)23(16(3)25-28)24-21(29)13-27-22(30)12-10-19(26-27)20-11-7-15(2)31-20/h5-12H,13H2,1-4H3,(H,24,29). The third-order valence-corrected chi connectivity index (χ3v) is 6.01. The Morgan fingerprint density at radius 2 is 1.71 bits per heavy atom. The van der Waals surface area contributed by atoms with Crippen molar-refractivity contribution in [2.45, 2.75) is 34.2 Å². The van der Waals surface area contributed by atoms with Crippen LogP contribution in [0.1, 0.15) is 21.8 Å². The minimum absolute atomic E-state index is 0.175. The number of aryl methyl sites for hydroxylation is 3. The van der Waals surface area contributed by atoms with Crippen LogP contribution in [0.5, 0.6) is 0 Å². The first-order valence-electron chi connectivity index (χ1n) is 9.90. The Morgan fingerprint density at radius 3 is 2.39 bits per heavy atom. The molecule has 0 saturated heterocycles. The number of thiophene rings is 1. The van der Waals surface area contributed by atoms with Crippen molar-refractivity contribution < 1.29 is 4.79 Å². The van der Waals surface area contributed by atoms with Gasteiger partial charge in [0.1, 0.15) is 12.2 Å². The molecule has 8 heteroatoms. The Bertz CT molecular complexity index is 1310. The Morgan fingerprint density at radius 1 is 0.968 bits per heavy atom. The zero-order chi connectivity index (χ0) is 22.1. The van der Waals surface area contributed by atoms with E-state index in [0.29, 0.717) is 17.1 Å². The zero-order valence-electron chi connectivity index (χ0n) is 17.8. The van der Waals surface area contributed by atoms with Crippen molar-refractivity contribution in [1.29, 1.82) is 0 Å². The zero-order valence-corrected chi connectivity index (χ0v) is 18.7. The van der Waals surface area contributed by atoms with Crippen LogP contribution >= 0.6 is 11.3 Å². The van der Waals surface area contributed by atoms with Gasteiger partial charge >= 0.3 is 0 Å². The van der Waals surface area contributed by atoms with Gasteiger partial charge < -0.3 is 5.32 Å². The molecule has 1 N–H and O–H groups in total. The van der Waals surface area contributed by atoms with E-state index in [1.807, 2.05) is 64.1 Å². The number of benzene rings is 1. The number of hydrogen-bond donors (Lipinski definition) is 1. The molecule has 158 valence electrons. The highest BCUT2D eigenvalue weighted by atomic mass is 32.1. The summed E-state index contributed by atoms with van der Waals surface area (Å²) in [4.78, 5) is 27.1. The van der Waals surface area contributed by atoms with Crippen molar-refractivity contribution in [3.05, 3.63) is 80.7 Å². The van der Waals surface area contributed by atoms with Gasteiger partial charge in [-0.2, -0.15) is 10.2 Å². The molecule has 0 radical (unpaired) electrons. The van der Waals surface area contributed by atoms with Crippen molar-refractivity contribution in [1.82, 2.24) is 19.6 Å². The summed E-state index contributed by atoms with van der Waals surface area (Å²) >= 11 is 1.59. The molecule has 0 spiro atoms. The van der Waals surface area contributed by atoms with E-state index in [4.69, 9.17) is 0 Å². The van der Waals surface area contributed by atoms with Gasteiger partial charge in [0.15, 0.2) is 0 Å². The molecule has 7 nitrogen and oxygen atoms in total. The Hall–Kier alpha value is -3.52. The molecule has 0 aliphatic heterocycles. The van der Waals surface area contributed by atoms with E-state index in [2.05, 4.69) is 15.5 Å². The number of nitrogens with one attached hydrogen (secondary N) is 1.